The molecule has 0 bridgehead atoms. The molecule has 6 heteroatoms. The molecule has 0 spiro atoms. The first kappa shape index (κ1) is 23.4. The number of esters is 1. The van der Waals surface area contributed by atoms with Gasteiger partial charge in [0.2, 0.25) is 0 Å². The van der Waals surface area contributed by atoms with Gasteiger partial charge in [-0.2, -0.15) is 8.78 Å². The summed E-state index contributed by atoms with van der Waals surface area (Å²) < 4.78 is 40.2. The van der Waals surface area contributed by atoms with Gasteiger partial charge >= 0.3 is 5.97 Å². The molecule has 0 saturated heterocycles. The van der Waals surface area contributed by atoms with Crippen LogP contribution >= 0.6 is 0 Å². The number of halogens is 2. The van der Waals surface area contributed by atoms with Crippen LogP contribution in [0.15, 0.2) is 66.8 Å². The van der Waals surface area contributed by atoms with E-state index in [1.54, 1.807) is 12.1 Å². The van der Waals surface area contributed by atoms with Crippen molar-refractivity contribution in [3.63, 3.8) is 0 Å². The van der Waals surface area contributed by atoms with E-state index in [0.29, 0.717) is 24.3 Å². The Morgan fingerprint density at radius 1 is 0.767 bits per heavy atom. The van der Waals surface area contributed by atoms with E-state index < -0.39 is 6.08 Å². The largest absolute Gasteiger partial charge is 0.490 e. The van der Waals surface area contributed by atoms with Gasteiger partial charge in [0, 0.05) is 6.42 Å². The Balaban J connectivity index is 1.49. The Morgan fingerprint density at radius 3 is 2.13 bits per heavy atom. The van der Waals surface area contributed by atoms with Crippen molar-refractivity contribution in [3.05, 3.63) is 66.8 Å². The molecular weight excluding hydrogens is 390 g/mol. The molecule has 0 heterocycles. The van der Waals surface area contributed by atoms with Gasteiger partial charge in [0.1, 0.15) is 30.5 Å². The van der Waals surface area contributed by atoms with Crippen molar-refractivity contribution in [3.8, 4) is 17.2 Å². The fraction of sp³-hybridized carbons (Fsp3) is 0.375. The van der Waals surface area contributed by atoms with Crippen LogP contribution in [0.2, 0.25) is 0 Å². The van der Waals surface area contributed by atoms with Crippen LogP contribution in [0.3, 0.4) is 0 Å². The third-order valence-electron chi connectivity index (χ3n) is 4.30. The van der Waals surface area contributed by atoms with Gasteiger partial charge < -0.3 is 14.2 Å². The molecule has 0 aliphatic rings. The van der Waals surface area contributed by atoms with E-state index in [1.165, 1.54) is 0 Å². The van der Waals surface area contributed by atoms with Crippen LogP contribution in [-0.2, 0) is 9.53 Å². The van der Waals surface area contributed by atoms with Gasteiger partial charge in [0.25, 0.3) is 6.08 Å². The molecule has 0 aliphatic heterocycles. The highest BCUT2D eigenvalue weighted by molar-refractivity contribution is 5.69. The first-order chi connectivity index (χ1) is 14.6. The third-order valence-corrected chi connectivity index (χ3v) is 4.30. The van der Waals surface area contributed by atoms with E-state index >= 15 is 0 Å². The van der Waals surface area contributed by atoms with Gasteiger partial charge in [-0.1, -0.05) is 37.5 Å². The van der Waals surface area contributed by atoms with Crippen LogP contribution < -0.4 is 9.47 Å². The van der Waals surface area contributed by atoms with Crippen molar-refractivity contribution in [1.82, 2.24) is 0 Å². The van der Waals surface area contributed by atoms with Crippen molar-refractivity contribution in [2.75, 3.05) is 13.2 Å². The molecule has 4 nitrogen and oxygen atoms in total. The van der Waals surface area contributed by atoms with Crippen LogP contribution in [0.1, 0.15) is 44.9 Å². The van der Waals surface area contributed by atoms with E-state index in [9.17, 15) is 13.6 Å². The number of para-hydroxylation sites is 1. The maximum absolute atomic E-state index is 11.9. The minimum Gasteiger partial charge on any atom is -0.490 e. The number of rotatable bonds is 14. The number of hydrogen-bond donors (Lipinski definition) is 0. The lowest BCUT2D eigenvalue weighted by Crippen LogP contribution is -2.12. The number of carbonyl (C=O) groups excluding carboxylic acids is 1. The van der Waals surface area contributed by atoms with Crippen molar-refractivity contribution < 1.29 is 27.8 Å². The summed E-state index contributed by atoms with van der Waals surface area (Å²) in [5.41, 5.74) is 0. The van der Waals surface area contributed by atoms with Crippen LogP contribution in [-0.4, -0.2) is 19.2 Å². The van der Waals surface area contributed by atoms with E-state index in [2.05, 4.69) is 0 Å². The van der Waals surface area contributed by atoms with Crippen LogP contribution in [0.5, 0.6) is 17.2 Å². The summed E-state index contributed by atoms with van der Waals surface area (Å²) in [5.74, 6) is 1.91. The molecule has 2 aromatic rings. The fourth-order valence-electron chi connectivity index (χ4n) is 2.77. The minimum atomic E-state index is -1.61. The Hall–Kier alpha value is -2.89. The standard InChI is InChI=1S/C24H28F2O4/c25-23(26)12-8-3-1-2-4-9-13-24(27)29-19-18-28-20-14-16-22(17-15-20)30-21-10-6-5-7-11-21/h5-7,10-12,14-17H,1-4,8-9,13,18-19H2. The summed E-state index contributed by atoms with van der Waals surface area (Å²) >= 11 is 0. The summed E-state index contributed by atoms with van der Waals surface area (Å²) in [7, 11) is 0. The van der Waals surface area contributed by atoms with Gasteiger partial charge in [0.15, 0.2) is 0 Å². The first-order valence-electron chi connectivity index (χ1n) is 10.3. The number of unbranched alkanes of at least 4 members (excludes halogenated alkanes) is 5. The van der Waals surface area contributed by atoms with E-state index in [1.807, 2.05) is 42.5 Å². The Morgan fingerprint density at radius 2 is 1.40 bits per heavy atom. The molecule has 2 aromatic carbocycles. The topological polar surface area (TPSA) is 44.8 Å². The molecule has 0 fully saturated rings. The zero-order chi connectivity index (χ0) is 21.4. The number of benzene rings is 2. The predicted octanol–water partition coefficient (Wildman–Crippen LogP) is 6.91. The van der Waals surface area contributed by atoms with Crippen LogP contribution in [0, 0.1) is 0 Å². The molecule has 2 rings (SSSR count). The van der Waals surface area contributed by atoms with Crippen molar-refractivity contribution in [1.29, 1.82) is 0 Å². The Kier molecular flexibility index (Phi) is 11.0. The highest BCUT2D eigenvalue weighted by atomic mass is 19.3. The molecule has 0 N–H and O–H groups in total. The Bertz CT molecular complexity index is 757. The minimum absolute atomic E-state index is 0.197. The van der Waals surface area contributed by atoms with Gasteiger partial charge in [-0.25, -0.2) is 0 Å². The summed E-state index contributed by atoms with van der Waals surface area (Å²) in [5, 5.41) is 0. The van der Waals surface area contributed by atoms with E-state index in [0.717, 1.165) is 43.9 Å². The van der Waals surface area contributed by atoms with Crippen molar-refractivity contribution in [2.24, 2.45) is 0 Å². The Labute approximate surface area is 176 Å². The smallest absolute Gasteiger partial charge is 0.305 e. The second-order valence-corrected chi connectivity index (χ2v) is 6.76. The molecule has 0 saturated carbocycles. The van der Waals surface area contributed by atoms with Crippen LogP contribution in [0.4, 0.5) is 8.78 Å². The molecule has 0 atom stereocenters. The first-order valence-corrected chi connectivity index (χ1v) is 10.3. The quantitative estimate of drug-likeness (QED) is 0.247. The predicted molar refractivity (Wildman–Crippen MR) is 112 cm³/mol. The fourth-order valence-corrected chi connectivity index (χ4v) is 2.77. The summed E-state index contributed by atoms with van der Waals surface area (Å²) in [6.07, 6.45) is 4.32. The zero-order valence-electron chi connectivity index (χ0n) is 17.0. The molecule has 0 radical (unpaired) electrons. The number of hydrogen-bond acceptors (Lipinski definition) is 4. The van der Waals surface area contributed by atoms with Crippen molar-refractivity contribution in [2.45, 2.75) is 44.9 Å². The average molecular weight is 418 g/mol. The van der Waals surface area contributed by atoms with Gasteiger partial charge in [0.05, 0.1) is 0 Å². The maximum atomic E-state index is 11.9. The second-order valence-electron chi connectivity index (χ2n) is 6.76. The molecule has 0 aliphatic carbocycles. The molecule has 0 aromatic heterocycles. The van der Waals surface area contributed by atoms with Gasteiger partial charge in [-0.05, 0) is 61.7 Å². The lowest BCUT2D eigenvalue weighted by atomic mass is 10.1. The molecular formula is C24H28F2O4. The monoisotopic (exact) mass is 418 g/mol. The average Bonchev–Trinajstić information content (AvgIpc) is 2.75. The third kappa shape index (κ3) is 10.6. The normalized spacial score (nSPS) is 10.3. The highest BCUT2D eigenvalue weighted by Crippen LogP contribution is 2.23. The SMILES string of the molecule is O=C(CCCCCCCC=C(F)F)OCCOc1ccc(Oc2ccccc2)cc1. The lowest BCUT2D eigenvalue weighted by Gasteiger charge is -2.09. The summed E-state index contributed by atoms with van der Waals surface area (Å²) in [6, 6.07) is 16.8. The zero-order valence-corrected chi connectivity index (χ0v) is 17.0. The number of ether oxygens (including phenoxy) is 3. The summed E-state index contributed by atoms with van der Waals surface area (Å²) in [4.78, 5) is 11.7. The molecule has 162 valence electrons. The molecule has 0 amide bonds. The number of carbonyl (C=O) groups is 1. The second kappa shape index (κ2) is 14.1. The van der Waals surface area contributed by atoms with E-state index in [4.69, 9.17) is 14.2 Å². The molecule has 0 unspecified atom stereocenters. The maximum Gasteiger partial charge on any atom is 0.305 e. The lowest BCUT2D eigenvalue weighted by molar-refractivity contribution is -0.144. The highest BCUT2D eigenvalue weighted by Gasteiger charge is 2.03. The van der Waals surface area contributed by atoms with Crippen molar-refractivity contribution >= 4 is 5.97 Å². The van der Waals surface area contributed by atoms with Crippen LogP contribution in [0.25, 0.3) is 0 Å². The number of allylic oxidation sites excluding steroid dienone is 1. The molecule has 30 heavy (non-hydrogen) atoms. The van der Waals surface area contributed by atoms with E-state index in [-0.39, 0.29) is 19.2 Å². The van der Waals surface area contributed by atoms with Gasteiger partial charge in [-0.15, -0.1) is 0 Å². The summed E-state index contributed by atoms with van der Waals surface area (Å²) in [6.45, 7) is 0.478. The van der Waals surface area contributed by atoms with Gasteiger partial charge in [-0.3, -0.25) is 4.79 Å².